The van der Waals surface area contributed by atoms with Crippen LogP contribution in [0.3, 0.4) is 0 Å². The number of nitrogens with one attached hydrogen (secondary N) is 1. The largest absolute Gasteiger partial charge is 0.502 e. The minimum atomic E-state index is -0.981. The molecule has 2 amide bonds. The molecule has 0 spiro atoms. The maximum atomic E-state index is 13.9. The second-order valence-electron chi connectivity index (χ2n) is 7.92. The average molecular weight is 446 g/mol. The summed E-state index contributed by atoms with van der Waals surface area (Å²) < 4.78 is 28.4. The number of benzene rings is 1. The van der Waals surface area contributed by atoms with E-state index in [0.717, 1.165) is 31.7 Å². The van der Waals surface area contributed by atoms with Crippen LogP contribution in [-0.2, 0) is 6.54 Å². The number of aromatic nitrogens is 1. The van der Waals surface area contributed by atoms with Crippen LogP contribution in [0.2, 0.25) is 0 Å². The smallest absolute Gasteiger partial charge is 0.278 e. The van der Waals surface area contributed by atoms with Crippen molar-refractivity contribution >= 4 is 11.8 Å². The van der Waals surface area contributed by atoms with E-state index in [1.54, 1.807) is 4.90 Å². The summed E-state index contributed by atoms with van der Waals surface area (Å²) in [5.74, 6) is -3.66. The lowest BCUT2D eigenvalue weighted by Crippen LogP contribution is -2.61. The van der Waals surface area contributed by atoms with Gasteiger partial charge in [0, 0.05) is 37.5 Å². The van der Waals surface area contributed by atoms with Gasteiger partial charge in [-0.3, -0.25) is 24.1 Å². The SMILES string of the molecule is CCN1C(=O)c2c(O)c(=O)c(C(=O)NCc3ccc(F)cc3F)cn2N2CCCCC[C@@H]12. The zero-order valence-electron chi connectivity index (χ0n) is 17.6. The number of hydrogen-bond donors (Lipinski definition) is 2. The van der Waals surface area contributed by atoms with Crippen LogP contribution in [0.4, 0.5) is 8.78 Å². The Morgan fingerprint density at radius 3 is 2.72 bits per heavy atom. The normalized spacial score (nSPS) is 18.1. The lowest BCUT2D eigenvalue weighted by Gasteiger charge is -2.45. The van der Waals surface area contributed by atoms with Crippen molar-refractivity contribution in [2.24, 2.45) is 0 Å². The molecule has 2 aliphatic heterocycles. The molecule has 1 saturated heterocycles. The predicted octanol–water partition coefficient (Wildman–Crippen LogP) is 2.08. The van der Waals surface area contributed by atoms with Crippen molar-refractivity contribution < 1.29 is 23.5 Å². The third-order valence-corrected chi connectivity index (χ3v) is 6.00. The fraction of sp³-hybridized carbons (Fsp3) is 0.409. The van der Waals surface area contributed by atoms with E-state index in [2.05, 4.69) is 5.32 Å². The first-order valence-corrected chi connectivity index (χ1v) is 10.6. The Labute approximate surface area is 183 Å². The quantitative estimate of drug-likeness (QED) is 0.750. The Balaban J connectivity index is 1.70. The Bertz CT molecular complexity index is 1130. The monoisotopic (exact) mass is 446 g/mol. The number of amides is 2. The molecular weight excluding hydrogens is 422 g/mol. The van der Waals surface area contributed by atoms with E-state index in [4.69, 9.17) is 0 Å². The van der Waals surface area contributed by atoms with Gasteiger partial charge in [0.05, 0.1) is 0 Å². The van der Waals surface area contributed by atoms with Crippen molar-refractivity contribution in [1.29, 1.82) is 0 Å². The van der Waals surface area contributed by atoms with E-state index < -0.39 is 34.6 Å². The van der Waals surface area contributed by atoms with Crippen LogP contribution >= 0.6 is 0 Å². The highest BCUT2D eigenvalue weighted by Crippen LogP contribution is 2.29. The van der Waals surface area contributed by atoms with Gasteiger partial charge in [-0.1, -0.05) is 12.5 Å². The number of carbonyl (C=O) groups excluding carboxylic acids is 2. The summed E-state index contributed by atoms with van der Waals surface area (Å²) in [6, 6.07) is 2.96. The summed E-state index contributed by atoms with van der Waals surface area (Å²) in [5, 5.41) is 14.9. The number of aromatic hydroxyl groups is 1. The van der Waals surface area contributed by atoms with Crippen molar-refractivity contribution in [3.05, 3.63) is 63.1 Å². The molecule has 1 atom stereocenters. The molecule has 1 aromatic carbocycles. The molecule has 2 aromatic rings. The number of carbonyl (C=O) groups is 2. The van der Waals surface area contributed by atoms with Gasteiger partial charge in [0.15, 0.2) is 11.4 Å². The highest BCUT2D eigenvalue weighted by atomic mass is 19.1. The summed E-state index contributed by atoms with van der Waals surface area (Å²) in [4.78, 5) is 40.1. The van der Waals surface area contributed by atoms with Gasteiger partial charge in [-0.15, -0.1) is 0 Å². The molecule has 0 bridgehead atoms. The fourth-order valence-electron chi connectivity index (χ4n) is 4.36. The summed E-state index contributed by atoms with van der Waals surface area (Å²) in [7, 11) is 0. The molecule has 0 saturated carbocycles. The first-order chi connectivity index (χ1) is 15.3. The van der Waals surface area contributed by atoms with Gasteiger partial charge in [0.25, 0.3) is 11.8 Å². The molecule has 32 heavy (non-hydrogen) atoms. The van der Waals surface area contributed by atoms with Gasteiger partial charge in [-0.05, 0) is 32.3 Å². The van der Waals surface area contributed by atoms with Crippen molar-refractivity contribution in [1.82, 2.24) is 14.9 Å². The Morgan fingerprint density at radius 1 is 1.22 bits per heavy atom. The molecule has 4 rings (SSSR count). The van der Waals surface area contributed by atoms with E-state index in [1.807, 2.05) is 11.9 Å². The minimum absolute atomic E-state index is 0.0448. The molecule has 3 heterocycles. The predicted molar refractivity (Wildman–Crippen MR) is 112 cm³/mol. The van der Waals surface area contributed by atoms with Gasteiger partial charge in [-0.2, -0.15) is 0 Å². The van der Waals surface area contributed by atoms with Crippen LogP contribution in [0.15, 0.2) is 29.2 Å². The van der Waals surface area contributed by atoms with E-state index in [1.165, 1.54) is 16.9 Å². The molecule has 2 aliphatic rings. The molecule has 8 nitrogen and oxygen atoms in total. The second-order valence-corrected chi connectivity index (χ2v) is 7.92. The molecule has 10 heteroatoms. The number of halogens is 2. The Kier molecular flexibility index (Phi) is 5.86. The van der Waals surface area contributed by atoms with E-state index in [0.29, 0.717) is 19.2 Å². The maximum Gasteiger partial charge on any atom is 0.278 e. The molecule has 1 aromatic heterocycles. The van der Waals surface area contributed by atoms with Gasteiger partial charge in [0.1, 0.15) is 23.4 Å². The van der Waals surface area contributed by atoms with Crippen LogP contribution in [0.1, 0.15) is 59.0 Å². The third-order valence-electron chi connectivity index (χ3n) is 6.00. The zero-order chi connectivity index (χ0) is 23.0. The number of nitrogens with zero attached hydrogens (tertiary/aromatic N) is 3. The highest BCUT2D eigenvalue weighted by Gasteiger charge is 2.40. The van der Waals surface area contributed by atoms with Crippen molar-refractivity contribution in [2.45, 2.75) is 45.3 Å². The van der Waals surface area contributed by atoms with E-state index >= 15 is 0 Å². The van der Waals surface area contributed by atoms with Crippen LogP contribution in [0.5, 0.6) is 5.75 Å². The third kappa shape index (κ3) is 3.69. The number of fused-ring (bicyclic) bond motifs is 3. The Morgan fingerprint density at radius 2 is 2.00 bits per heavy atom. The molecular formula is C22H24F2N4O4. The topological polar surface area (TPSA) is 94.9 Å². The van der Waals surface area contributed by atoms with E-state index in [9.17, 15) is 28.3 Å². The maximum absolute atomic E-state index is 13.9. The Hall–Kier alpha value is -3.43. The van der Waals surface area contributed by atoms with Crippen LogP contribution in [0, 0.1) is 11.6 Å². The molecule has 0 unspecified atom stereocenters. The van der Waals surface area contributed by atoms with Gasteiger partial charge in [0.2, 0.25) is 5.43 Å². The molecule has 1 fully saturated rings. The standard InChI is InChI=1S/C22H24F2N4O4/c1-2-26-17-6-4-3-5-9-27(17)28-12-15(19(29)20(30)18(28)22(26)32)21(31)25-11-13-7-8-14(23)10-16(13)24/h7-8,10,12,17,30H,2-6,9,11H2,1H3,(H,25,31)/t17-/m0/s1. The fourth-order valence-corrected chi connectivity index (χ4v) is 4.36. The number of pyridine rings is 1. The van der Waals surface area contributed by atoms with E-state index in [-0.39, 0.29) is 29.5 Å². The molecule has 0 radical (unpaired) electrons. The van der Waals surface area contributed by atoms with Crippen molar-refractivity contribution in [3.8, 4) is 5.75 Å². The molecule has 170 valence electrons. The average Bonchev–Trinajstić information content (AvgIpc) is 3.01. The summed E-state index contributed by atoms with van der Waals surface area (Å²) >= 11 is 0. The first kappa shape index (κ1) is 21.8. The van der Waals surface area contributed by atoms with Crippen molar-refractivity contribution in [2.75, 3.05) is 18.1 Å². The lowest BCUT2D eigenvalue weighted by molar-refractivity contribution is 0.0573. The number of rotatable bonds is 4. The van der Waals surface area contributed by atoms with Crippen molar-refractivity contribution in [3.63, 3.8) is 0 Å². The van der Waals surface area contributed by atoms with Crippen LogP contribution < -0.4 is 15.8 Å². The first-order valence-electron chi connectivity index (χ1n) is 10.6. The summed E-state index contributed by atoms with van der Waals surface area (Å²) in [6.45, 7) is 2.56. The van der Waals surface area contributed by atoms with Crippen LogP contribution in [-0.4, -0.2) is 45.8 Å². The molecule has 2 N–H and O–H groups in total. The zero-order valence-corrected chi connectivity index (χ0v) is 17.6. The number of hydrogen-bond acceptors (Lipinski definition) is 5. The summed E-state index contributed by atoms with van der Waals surface area (Å²) in [5.41, 5.74) is -1.47. The van der Waals surface area contributed by atoms with Gasteiger partial charge < -0.3 is 15.3 Å². The second kappa shape index (κ2) is 8.60. The van der Waals surface area contributed by atoms with Gasteiger partial charge >= 0.3 is 0 Å². The minimum Gasteiger partial charge on any atom is -0.502 e. The highest BCUT2D eigenvalue weighted by molar-refractivity contribution is 5.99. The van der Waals surface area contributed by atoms with Crippen LogP contribution in [0.25, 0.3) is 0 Å². The lowest BCUT2D eigenvalue weighted by atomic mass is 10.1. The summed E-state index contributed by atoms with van der Waals surface area (Å²) in [6.07, 6.45) is 4.53. The van der Waals surface area contributed by atoms with Gasteiger partial charge in [-0.25, -0.2) is 8.78 Å². The molecule has 0 aliphatic carbocycles.